The van der Waals surface area contributed by atoms with Crippen LogP contribution in [0.15, 0.2) is 14.3 Å². The molecule has 19 heavy (non-hydrogen) atoms. The third-order valence-electron chi connectivity index (χ3n) is 2.87. The summed E-state index contributed by atoms with van der Waals surface area (Å²) in [6, 6.07) is 1.20. The summed E-state index contributed by atoms with van der Waals surface area (Å²) in [5, 5.41) is 12.4. The molecule has 0 fully saturated rings. The van der Waals surface area contributed by atoms with E-state index in [1.807, 2.05) is 6.07 Å². The van der Waals surface area contributed by atoms with Crippen LogP contribution < -0.4 is 5.32 Å². The fourth-order valence-corrected chi connectivity index (χ4v) is 3.88. The number of hydrogen-bond acceptors (Lipinski definition) is 4. The van der Waals surface area contributed by atoms with Crippen molar-refractivity contribution in [1.82, 2.24) is 10.2 Å². The lowest BCUT2D eigenvalue weighted by molar-refractivity contribution is -0.139. The van der Waals surface area contributed by atoms with Gasteiger partial charge in [-0.15, -0.1) is 11.3 Å². The number of carboxylic acid groups (broad SMARTS) is 1. The van der Waals surface area contributed by atoms with E-state index in [2.05, 4.69) is 55.9 Å². The smallest absolute Gasteiger partial charge is 0.326 e. The van der Waals surface area contributed by atoms with Gasteiger partial charge in [0.05, 0.1) is 3.79 Å². The van der Waals surface area contributed by atoms with Gasteiger partial charge >= 0.3 is 5.97 Å². The summed E-state index contributed by atoms with van der Waals surface area (Å²) in [6.45, 7) is 7.67. The summed E-state index contributed by atoms with van der Waals surface area (Å²) < 4.78 is 1.81. The number of halogens is 2. The number of nitrogens with one attached hydrogen (secondary N) is 1. The first-order chi connectivity index (χ1) is 8.99. The van der Waals surface area contributed by atoms with E-state index in [1.54, 1.807) is 0 Å². The Bertz CT molecular complexity index is 402. The van der Waals surface area contributed by atoms with Crippen molar-refractivity contribution in [2.24, 2.45) is 0 Å². The van der Waals surface area contributed by atoms with E-state index in [1.165, 1.54) is 11.3 Å². The van der Waals surface area contributed by atoms with E-state index in [0.29, 0.717) is 6.54 Å². The van der Waals surface area contributed by atoms with Crippen molar-refractivity contribution in [2.45, 2.75) is 19.9 Å². The summed E-state index contributed by atoms with van der Waals surface area (Å²) in [4.78, 5) is 14.4. The molecule has 0 bridgehead atoms. The van der Waals surface area contributed by atoms with Crippen LogP contribution in [0.25, 0.3) is 0 Å². The average molecular weight is 414 g/mol. The molecule has 1 atom stereocenters. The first-order valence-corrected chi connectivity index (χ1v) is 8.53. The quantitative estimate of drug-likeness (QED) is 0.686. The molecule has 0 radical (unpaired) electrons. The second-order valence-electron chi connectivity index (χ2n) is 4.02. The maximum atomic E-state index is 11.3. The Kier molecular flexibility index (Phi) is 7.53. The molecule has 2 N–H and O–H groups in total. The fraction of sp³-hybridized carbons (Fsp3) is 0.583. The molecule has 0 amide bonds. The Morgan fingerprint density at radius 3 is 2.53 bits per heavy atom. The van der Waals surface area contributed by atoms with Crippen molar-refractivity contribution in [3.63, 3.8) is 0 Å². The summed E-state index contributed by atoms with van der Waals surface area (Å²) in [5.41, 5.74) is 0. The molecule has 0 saturated carbocycles. The molecule has 0 saturated heterocycles. The van der Waals surface area contributed by atoms with Crippen LogP contribution in [-0.2, 0) is 4.79 Å². The lowest BCUT2D eigenvalue weighted by Gasteiger charge is -2.20. The second kappa shape index (κ2) is 8.36. The Balaban J connectivity index is 2.61. The molecule has 1 aromatic rings. The van der Waals surface area contributed by atoms with Gasteiger partial charge in [0.15, 0.2) is 0 Å². The largest absolute Gasteiger partial charge is 0.480 e. The molecular formula is C12H18Br2N2O2S. The highest BCUT2D eigenvalue weighted by Gasteiger charge is 2.22. The Hall–Kier alpha value is 0.0500. The molecule has 1 heterocycles. The summed E-state index contributed by atoms with van der Waals surface area (Å²) in [6.07, 6.45) is 0. The molecule has 0 aliphatic carbocycles. The molecule has 0 spiro atoms. The zero-order chi connectivity index (χ0) is 14.4. The van der Waals surface area contributed by atoms with Crippen molar-refractivity contribution in [2.75, 3.05) is 26.2 Å². The molecule has 0 aliphatic rings. The van der Waals surface area contributed by atoms with Crippen molar-refractivity contribution in [3.05, 3.63) is 19.2 Å². The van der Waals surface area contributed by atoms with Crippen molar-refractivity contribution >= 4 is 49.2 Å². The van der Waals surface area contributed by atoms with Gasteiger partial charge in [0.2, 0.25) is 0 Å². The lowest BCUT2D eigenvalue weighted by Crippen LogP contribution is -2.36. The van der Waals surface area contributed by atoms with Crippen LogP contribution in [-0.4, -0.2) is 42.2 Å². The van der Waals surface area contributed by atoms with Crippen molar-refractivity contribution in [3.8, 4) is 0 Å². The van der Waals surface area contributed by atoms with Gasteiger partial charge in [0, 0.05) is 22.4 Å². The van der Waals surface area contributed by atoms with E-state index in [-0.39, 0.29) is 0 Å². The van der Waals surface area contributed by atoms with Crippen LogP contribution in [0.2, 0.25) is 0 Å². The van der Waals surface area contributed by atoms with Gasteiger partial charge in [-0.05, 0) is 51.0 Å². The van der Waals surface area contributed by atoms with Gasteiger partial charge in [0.25, 0.3) is 0 Å². The molecule has 0 aliphatic heterocycles. The molecular weight excluding hydrogens is 396 g/mol. The lowest BCUT2D eigenvalue weighted by atomic mass is 10.2. The number of likely N-dealkylation sites (N-methyl/N-ethyl adjacent to an activating group) is 1. The Morgan fingerprint density at radius 1 is 1.47 bits per heavy atom. The maximum absolute atomic E-state index is 11.3. The predicted molar refractivity (Wildman–Crippen MR) is 85.9 cm³/mol. The second-order valence-corrected chi connectivity index (χ2v) is 7.28. The summed E-state index contributed by atoms with van der Waals surface area (Å²) >= 11 is 8.21. The molecule has 1 rings (SSSR count). The van der Waals surface area contributed by atoms with Gasteiger partial charge in [-0.1, -0.05) is 13.8 Å². The van der Waals surface area contributed by atoms with Gasteiger partial charge in [-0.25, -0.2) is 0 Å². The Morgan fingerprint density at radius 2 is 2.11 bits per heavy atom. The average Bonchev–Trinajstić information content (AvgIpc) is 2.69. The SMILES string of the molecule is CCN(CC)CCNC(C(=O)O)c1cc(Br)c(Br)s1. The van der Waals surface area contributed by atoms with Crippen LogP contribution in [0.3, 0.4) is 0 Å². The van der Waals surface area contributed by atoms with Crippen molar-refractivity contribution < 1.29 is 9.90 Å². The van der Waals surface area contributed by atoms with Gasteiger partial charge in [0.1, 0.15) is 6.04 Å². The summed E-state index contributed by atoms with van der Waals surface area (Å²) in [7, 11) is 0. The van der Waals surface area contributed by atoms with E-state index in [0.717, 1.165) is 32.8 Å². The molecule has 0 aromatic carbocycles. The van der Waals surface area contributed by atoms with Gasteiger partial charge in [-0.2, -0.15) is 0 Å². The molecule has 108 valence electrons. The first kappa shape index (κ1) is 17.1. The molecule has 1 unspecified atom stereocenters. The molecule has 4 nitrogen and oxygen atoms in total. The van der Waals surface area contributed by atoms with Crippen LogP contribution in [0, 0.1) is 0 Å². The van der Waals surface area contributed by atoms with Gasteiger partial charge in [-0.3, -0.25) is 10.1 Å². The normalized spacial score (nSPS) is 12.9. The minimum absolute atomic E-state index is 0.650. The zero-order valence-electron chi connectivity index (χ0n) is 10.9. The highest BCUT2D eigenvalue weighted by Crippen LogP contribution is 2.35. The number of aliphatic carboxylic acids is 1. The fourth-order valence-electron chi connectivity index (χ4n) is 1.72. The van der Waals surface area contributed by atoms with Crippen LogP contribution in [0.4, 0.5) is 0 Å². The number of carbonyl (C=O) groups is 1. The highest BCUT2D eigenvalue weighted by molar-refractivity contribution is 9.13. The standard InChI is InChI=1S/C12H18Br2N2O2S/c1-3-16(4-2)6-5-15-10(12(17)18)9-7-8(13)11(14)19-9/h7,10,15H,3-6H2,1-2H3,(H,17,18). The number of hydrogen-bond donors (Lipinski definition) is 2. The minimum Gasteiger partial charge on any atom is -0.480 e. The van der Waals surface area contributed by atoms with Crippen LogP contribution in [0.1, 0.15) is 24.8 Å². The van der Waals surface area contributed by atoms with E-state index >= 15 is 0 Å². The van der Waals surface area contributed by atoms with E-state index in [4.69, 9.17) is 0 Å². The van der Waals surface area contributed by atoms with E-state index < -0.39 is 12.0 Å². The summed E-state index contributed by atoms with van der Waals surface area (Å²) in [5.74, 6) is -0.846. The minimum atomic E-state index is -0.846. The third kappa shape index (κ3) is 5.15. The topological polar surface area (TPSA) is 52.6 Å². The maximum Gasteiger partial charge on any atom is 0.326 e. The molecule has 1 aromatic heterocycles. The highest BCUT2D eigenvalue weighted by atomic mass is 79.9. The molecule has 7 heteroatoms. The zero-order valence-corrected chi connectivity index (χ0v) is 14.9. The Labute approximate surface area is 134 Å². The predicted octanol–water partition coefficient (Wildman–Crippen LogP) is 3.33. The van der Waals surface area contributed by atoms with Crippen LogP contribution in [0.5, 0.6) is 0 Å². The number of rotatable bonds is 8. The van der Waals surface area contributed by atoms with Gasteiger partial charge < -0.3 is 10.0 Å². The third-order valence-corrected chi connectivity index (χ3v) is 6.19. The van der Waals surface area contributed by atoms with E-state index in [9.17, 15) is 9.90 Å². The number of nitrogens with zero attached hydrogens (tertiary/aromatic N) is 1. The van der Waals surface area contributed by atoms with Crippen molar-refractivity contribution in [1.29, 1.82) is 0 Å². The number of thiophene rings is 1. The number of carboxylic acids is 1. The first-order valence-electron chi connectivity index (χ1n) is 6.12. The monoisotopic (exact) mass is 412 g/mol. The van der Waals surface area contributed by atoms with Crippen LogP contribution >= 0.6 is 43.2 Å².